The molecule has 2 heteroatoms. The molecule has 0 aliphatic heterocycles. The van der Waals surface area contributed by atoms with Crippen molar-refractivity contribution in [2.45, 2.75) is 19.4 Å². The van der Waals surface area contributed by atoms with Crippen LogP contribution < -0.4 is 0 Å². The Morgan fingerprint density at radius 3 is 2.33 bits per heavy atom. The van der Waals surface area contributed by atoms with E-state index in [1.54, 1.807) is 0 Å². The Labute approximate surface area is 113 Å². The fourth-order valence-corrected chi connectivity index (χ4v) is 1.95. The average molecular weight is 258 g/mol. The van der Waals surface area contributed by atoms with Crippen LogP contribution in [-0.2, 0) is 0 Å². The summed E-state index contributed by atoms with van der Waals surface area (Å²) in [5.74, 6) is 0. The van der Waals surface area contributed by atoms with E-state index in [0.29, 0.717) is 0 Å². The molecule has 0 aliphatic carbocycles. The molecule has 0 fully saturated rings. The van der Waals surface area contributed by atoms with Gasteiger partial charge in [0.15, 0.2) is 0 Å². The maximum atomic E-state index is 5.85. The molecular formula is C16H16ClN. The maximum Gasteiger partial charge on any atom is 0.0746 e. The molecular weight excluding hydrogens is 242 g/mol. The van der Waals surface area contributed by atoms with Crippen LogP contribution in [0, 0.1) is 0 Å². The number of hydrogen-bond donors (Lipinski definition) is 0. The Hall–Kier alpha value is -1.60. The summed E-state index contributed by atoms with van der Waals surface area (Å²) in [6.07, 6.45) is 2.91. The van der Waals surface area contributed by atoms with Gasteiger partial charge in [-0.2, -0.15) is 0 Å². The highest BCUT2D eigenvalue weighted by molar-refractivity contribution is 6.30. The molecule has 0 amide bonds. The Kier molecular flexibility index (Phi) is 4.54. The number of benzene rings is 2. The number of rotatable bonds is 4. The van der Waals surface area contributed by atoms with Crippen molar-refractivity contribution < 1.29 is 0 Å². The molecule has 18 heavy (non-hydrogen) atoms. The minimum absolute atomic E-state index is 0.224. The number of aliphatic imine (C=N–C) groups is 1. The van der Waals surface area contributed by atoms with Crippen LogP contribution in [0.25, 0.3) is 0 Å². The van der Waals surface area contributed by atoms with Crippen LogP contribution in [0.2, 0.25) is 5.02 Å². The lowest BCUT2D eigenvalue weighted by Crippen LogP contribution is -1.94. The lowest BCUT2D eigenvalue weighted by atomic mass is 10.1. The summed E-state index contributed by atoms with van der Waals surface area (Å²) in [5, 5.41) is 0.752. The van der Waals surface area contributed by atoms with Gasteiger partial charge in [-0.15, -0.1) is 0 Å². The molecule has 0 saturated heterocycles. The Balaban J connectivity index is 2.13. The molecule has 2 aromatic carbocycles. The molecule has 0 spiro atoms. The summed E-state index contributed by atoms with van der Waals surface area (Å²) in [6, 6.07) is 18.3. The van der Waals surface area contributed by atoms with Crippen molar-refractivity contribution in [3.8, 4) is 0 Å². The van der Waals surface area contributed by atoms with Crippen LogP contribution in [-0.4, -0.2) is 6.21 Å². The zero-order valence-electron chi connectivity index (χ0n) is 10.4. The van der Waals surface area contributed by atoms with Gasteiger partial charge in [-0.05, 0) is 29.7 Å². The topological polar surface area (TPSA) is 12.4 Å². The second-order valence-corrected chi connectivity index (χ2v) is 4.60. The van der Waals surface area contributed by atoms with E-state index < -0.39 is 0 Å². The van der Waals surface area contributed by atoms with E-state index in [2.05, 4.69) is 36.2 Å². The van der Waals surface area contributed by atoms with E-state index in [1.165, 1.54) is 5.56 Å². The fraction of sp³-hybridized carbons (Fsp3) is 0.188. The van der Waals surface area contributed by atoms with E-state index in [-0.39, 0.29) is 6.04 Å². The van der Waals surface area contributed by atoms with Gasteiger partial charge < -0.3 is 0 Å². The van der Waals surface area contributed by atoms with Gasteiger partial charge in [-0.25, -0.2) is 0 Å². The third-order valence-corrected chi connectivity index (χ3v) is 3.10. The van der Waals surface area contributed by atoms with E-state index in [9.17, 15) is 0 Å². The second kappa shape index (κ2) is 6.36. The van der Waals surface area contributed by atoms with Crippen molar-refractivity contribution >= 4 is 17.8 Å². The lowest BCUT2D eigenvalue weighted by Gasteiger charge is -2.09. The Bertz CT molecular complexity index is 502. The van der Waals surface area contributed by atoms with Crippen molar-refractivity contribution in [3.63, 3.8) is 0 Å². The molecule has 1 atom stereocenters. The summed E-state index contributed by atoms with van der Waals surface area (Å²) in [4.78, 5) is 4.64. The van der Waals surface area contributed by atoms with E-state index in [1.807, 2.05) is 36.5 Å². The van der Waals surface area contributed by atoms with Crippen LogP contribution in [0.1, 0.15) is 30.5 Å². The summed E-state index contributed by atoms with van der Waals surface area (Å²) >= 11 is 5.85. The van der Waals surface area contributed by atoms with Crippen LogP contribution >= 0.6 is 11.6 Å². The van der Waals surface area contributed by atoms with E-state index in [4.69, 9.17) is 11.6 Å². The minimum Gasteiger partial charge on any atom is -0.284 e. The van der Waals surface area contributed by atoms with Crippen LogP contribution in [0.4, 0.5) is 0 Å². The molecule has 0 radical (unpaired) electrons. The van der Waals surface area contributed by atoms with Gasteiger partial charge in [0, 0.05) is 11.2 Å². The summed E-state index contributed by atoms with van der Waals surface area (Å²) in [5.41, 5.74) is 2.33. The fourth-order valence-electron chi connectivity index (χ4n) is 1.83. The van der Waals surface area contributed by atoms with Gasteiger partial charge >= 0.3 is 0 Å². The standard InChI is InChI=1S/C16H16ClN/c1-2-16(14-6-4-3-5-7-14)18-12-13-8-10-15(17)11-9-13/h3-12,16H,2H2,1H3/t16-/m0/s1. The quantitative estimate of drug-likeness (QED) is 0.690. The molecule has 0 heterocycles. The van der Waals surface area contributed by atoms with Gasteiger partial charge in [-0.1, -0.05) is 61.0 Å². The first kappa shape index (κ1) is 12.8. The molecule has 0 aliphatic rings. The highest BCUT2D eigenvalue weighted by Crippen LogP contribution is 2.20. The van der Waals surface area contributed by atoms with Crippen LogP contribution in [0.3, 0.4) is 0 Å². The number of halogens is 1. The van der Waals surface area contributed by atoms with Crippen molar-refractivity contribution in [2.75, 3.05) is 0 Å². The minimum atomic E-state index is 0.224. The molecule has 2 aromatic rings. The molecule has 0 saturated carbocycles. The van der Waals surface area contributed by atoms with E-state index in [0.717, 1.165) is 17.0 Å². The van der Waals surface area contributed by atoms with Crippen molar-refractivity contribution in [3.05, 3.63) is 70.7 Å². The van der Waals surface area contributed by atoms with E-state index >= 15 is 0 Å². The number of nitrogens with zero attached hydrogens (tertiary/aromatic N) is 1. The molecule has 0 bridgehead atoms. The first-order chi connectivity index (χ1) is 8.79. The van der Waals surface area contributed by atoms with Crippen molar-refractivity contribution in [1.82, 2.24) is 0 Å². The highest BCUT2D eigenvalue weighted by atomic mass is 35.5. The molecule has 0 N–H and O–H groups in total. The zero-order valence-corrected chi connectivity index (χ0v) is 11.1. The van der Waals surface area contributed by atoms with Crippen molar-refractivity contribution in [2.24, 2.45) is 4.99 Å². The van der Waals surface area contributed by atoms with Gasteiger partial charge in [-0.3, -0.25) is 4.99 Å². The maximum absolute atomic E-state index is 5.85. The van der Waals surface area contributed by atoms with Gasteiger partial charge in [0.2, 0.25) is 0 Å². The monoisotopic (exact) mass is 257 g/mol. The molecule has 0 unspecified atom stereocenters. The van der Waals surface area contributed by atoms with Gasteiger partial charge in [0.1, 0.15) is 0 Å². The highest BCUT2D eigenvalue weighted by Gasteiger charge is 2.04. The summed E-state index contributed by atoms with van der Waals surface area (Å²) in [7, 11) is 0. The second-order valence-electron chi connectivity index (χ2n) is 4.16. The largest absolute Gasteiger partial charge is 0.284 e. The first-order valence-electron chi connectivity index (χ1n) is 6.13. The predicted octanol–water partition coefficient (Wildman–Crippen LogP) is 4.91. The third-order valence-electron chi connectivity index (χ3n) is 2.84. The van der Waals surface area contributed by atoms with Crippen LogP contribution in [0.5, 0.6) is 0 Å². The summed E-state index contributed by atoms with van der Waals surface area (Å²) < 4.78 is 0. The smallest absolute Gasteiger partial charge is 0.0746 e. The Morgan fingerprint density at radius 1 is 1.06 bits per heavy atom. The van der Waals surface area contributed by atoms with Crippen LogP contribution in [0.15, 0.2) is 59.6 Å². The third kappa shape index (κ3) is 3.44. The molecule has 0 aromatic heterocycles. The summed E-state index contributed by atoms with van der Waals surface area (Å²) in [6.45, 7) is 2.15. The normalized spacial score (nSPS) is 12.8. The average Bonchev–Trinajstić information content (AvgIpc) is 2.43. The van der Waals surface area contributed by atoms with Crippen molar-refractivity contribution in [1.29, 1.82) is 0 Å². The molecule has 92 valence electrons. The molecule has 1 nitrogen and oxygen atoms in total. The number of hydrogen-bond acceptors (Lipinski definition) is 1. The predicted molar refractivity (Wildman–Crippen MR) is 78.5 cm³/mol. The zero-order chi connectivity index (χ0) is 12.8. The first-order valence-corrected chi connectivity index (χ1v) is 6.51. The van der Waals surface area contributed by atoms with Gasteiger partial charge in [0.25, 0.3) is 0 Å². The molecule has 2 rings (SSSR count). The Morgan fingerprint density at radius 2 is 1.72 bits per heavy atom. The SMILES string of the molecule is CC[C@H](N=Cc1ccc(Cl)cc1)c1ccccc1. The lowest BCUT2D eigenvalue weighted by molar-refractivity contribution is 0.704. The van der Waals surface area contributed by atoms with Gasteiger partial charge in [0.05, 0.1) is 6.04 Å².